The second kappa shape index (κ2) is 7.25. The number of rotatable bonds is 3. The number of phenols is 1. The number of amides is 1. The molecule has 1 atom stereocenters. The molecule has 27 heavy (non-hydrogen) atoms. The predicted molar refractivity (Wildman–Crippen MR) is 102 cm³/mol. The third kappa shape index (κ3) is 3.85. The summed E-state index contributed by atoms with van der Waals surface area (Å²) in [6, 6.07) is 12.1. The minimum atomic E-state index is -0.318. The van der Waals surface area contributed by atoms with Crippen LogP contribution < -0.4 is 10.1 Å². The van der Waals surface area contributed by atoms with Crippen LogP contribution in [0.3, 0.4) is 0 Å². The normalized spacial score (nSPS) is 15.5. The van der Waals surface area contributed by atoms with Gasteiger partial charge in [0.15, 0.2) is 5.82 Å². The van der Waals surface area contributed by atoms with E-state index in [1.807, 2.05) is 12.1 Å². The Labute approximate surface area is 160 Å². The first kappa shape index (κ1) is 17.3. The lowest BCUT2D eigenvalue weighted by atomic mass is 9.96. The average Bonchev–Trinajstić information content (AvgIpc) is 2.68. The van der Waals surface area contributed by atoms with Crippen molar-refractivity contribution in [3.63, 3.8) is 0 Å². The Morgan fingerprint density at radius 3 is 2.78 bits per heavy atom. The van der Waals surface area contributed by atoms with E-state index in [0.717, 1.165) is 11.3 Å². The molecule has 2 N–H and O–H groups in total. The molecular weight excluding hydrogens is 366 g/mol. The van der Waals surface area contributed by atoms with Crippen LogP contribution in [0.1, 0.15) is 5.56 Å². The third-order valence-electron chi connectivity index (χ3n) is 4.32. The van der Waals surface area contributed by atoms with Crippen LogP contribution in [0.2, 0.25) is 5.02 Å². The monoisotopic (exact) mass is 381 g/mol. The Bertz CT molecular complexity index is 992. The fourth-order valence-electron chi connectivity index (χ4n) is 2.96. The smallest absolute Gasteiger partial charge is 0.231 e. The molecule has 0 saturated carbocycles. The number of aromatic hydroxyl groups is 1. The zero-order valence-corrected chi connectivity index (χ0v) is 15.0. The molecule has 0 saturated heterocycles. The molecule has 7 heteroatoms. The van der Waals surface area contributed by atoms with Crippen molar-refractivity contribution in [2.75, 3.05) is 11.9 Å². The highest BCUT2D eigenvalue weighted by Crippen LogP contribution is 2.30. The van der Waals surface area contributed by atoms with Crippen molar-refractivity contribution in [2.45, 2.75) is 6.42 Å². The quantitative estimate of drug-likeness (QED) is 0.722. The lowest BCUT2D eigenvalue weighted by Crippen LogP contribution is -2.32. The first-order valence-corrected chi connectivity index (χ1v) is 8.80. The number of hydrogen-bond donors (Lipinski definition) is 2. The highest BCUT2D eigenvalue weighted by Gasteiger charge is 2.26. The van der Waals surface area contributed by atoms with Crippen molar-refractivity contribution < 1.29 is 14.6 Å². The minimum Gasteiger partial charge on any atom is -0.508 e. The topological polar surface area (TPSA) is 84.3 Å². The van der Waals surface area contributed by atoms with Gasteiger partial charge in [0.05, 0.1) is 24.0 Å². The van der Waals surface area contributed by atoms with E-state index in [0.29, 0.717) is 35.1 Å². The maximum atomic E-state index is 12.5. The van der Waals surface area contributed by atoms with E-state index in [4.69, 9.17) is 16.3 Å². The van der Waals surface area contributed by atoms with Crippen molar-refractivity contribution in [1.82, 2.24) is 9.97 Å². The molecule has 0 spiro atoms. The second-order valence-electron chi connectivity index (χ2n) is 6.30. The molecule has 1 aromatic heterocycles. The lowest BCUT2D eigenvalue weighted by Gasteiger charge is -2.24. The summed E-state index contributed by atoms with van der Waals surface area (Å²) in [5, 5.41) is 13.0. The maximum Gasteiger partial charge on any atom is 0.231 e. The first-order chi connectivity index (χ1) is 13.1. The molecule has 1 aliphatic heterocycles. The van der Waals surface area contributed by atoms with Crippen LogP contribution in [-0.2, 0) is 11.2 Å². The molecule has 6 nitrogen and oxygen atoms in total. The molecule has 1 unspecified atom stereocenters. The Kier molecular flexibility index (Phi) is 4.64. The Hall–Kier alpha value is -3.12. The minimum absolute atomic E-state index is 0.145. The molecule has 1 amide bonds. The zero-order valence-electron chi connectivity index (χ0n) is 14.2. The van der Waals surface area contributed by atoms with Gasteiger partial charge in [-0.1, -0.05) is 23.7 Å². The van der Waals surface area contributed by atoms with Gasteiger partial charge in [-0.15, -0.1) is 0 Å². The summed E-state index contributed by atoms with van der Waals surface area (Å²) in [6.45, 7) is 0.308. The summed E-state index contributed by atoms with van der Waals surface area (Å²) in [5.74, 6) is 0.901. The zero-order chi connectivity index (χ0) is 18.8. The molecule has 3 aromatic rings. The number of phenolic OH excluding ortho intramolecular Hbond substituents is 1. The van der Waals surface area contributed by atoms with E-state index in [1.54, 1.807) is 42.7 Å². The number of nitrogens with zero attached hydrogens (tertiary/aromatic N) is 2. The van der Waals surface area contributed by atoms with Crippen LogP contribution in [0.25, 0.3) is 11.4 Å². The number of halogens is 1. The first-order valence-electron chi connectivity index (χ1n) is 8.42. The Balaban J connectivity index is 1.44. The van der Waals surface area contributed by atoms with Crippen LogP contribution in [-0.4, -0.2) is 27.6 Å². The third-order valence-corrected chi connectivity index (χ3v) is 4.56. The van der Waals surface area contributed by atoms with Crippen LogP contribution in [0, 0.1) is 5.92 Å². The SMILES string of the molecule is O=C(Nc1cnc(-c2cccc(O)c2)nc1)C1COc2ccc(Cl)cc2C1. The van der Waals surface area contributed by atoms with Gasteiger partial charge in [-0.2, -0.15) is 0 Å². The number of anilines is 1. The van der Waals surface area contributed by atoms with E-state index >= 15 is 0 Å². The number of hydrogen-bond acceptors (Lipinski definition) is 5. The van der Waals surface area contributed by atoms with Gasteiger partial charge < -0.3 is 15.2 Å². The fourth-order valence-corrected chi connectivity index (χ4v) is 3.16. The fraction of sp³-hybridized carbons (Fsp3) is 0.150. The Morgan fingerprint density at radius 1 is 1.19 bits per heavy atom. The van der Waals surface area contributed by atoms with Crippen molar-refractivity contribution in [1.29, 1.82) is 0 Å². The summed E-state index contributed by atoms with van der Waals surface area (Å²) in [7, 11) is 0. The van der Waals surface area contributed by atoms with E-state index in [-0.39, 0.29) is 17.6 Å². The molecule has 136 valence electrons. The molecule has 4 rings (SSSR count). The number of nitrogens with one attached hydrogen (secondary N) is 1. The summed E-state index contributed by atoms with van der Waals surface area (Å²) in [4.78, 5) is 21.0. The van der Waals surface area contributed by atoms with Crippen LogP contribution in [0.5, 0.6) is 11.5 Å². The summed E-state index contributed by atoms with van der Waals surface area (Å²) in [5.41, 5.74) is 2.12. The number of ether oxygens (including phenoxy) is 1. The largest absolute Gasteiger partial charge is 0.508 e. The molecule has 1 aliphatic rings. The van der Waals surface area contributed by atoms with E-state index < -0.39 is 0 Å². The summed E-state index contributed by atoms with van der Waals surface area (Å²) in [6.07, 6.45) is 3.64. The summed E-state index contributed by atoms with van der Waals surface area (Å²) < 4.78 is 5.66. The molecule has 0 bridgehead atoms. The standard InChI is InChI=1S/C20H16ClN3O3/c21-15-4-5-18-13(7-15)6-14(11-27-18)20(26)24-16-9-22-19(23-10-16)12-2-1-3-17(25)8-12/h1-5,7-10,14,25H,6,11H2,(H,24,26). The summed E-state index contributed by atoms with van der Waals surface area (Å²) >= 11 is 6.02. The van der Waals surface area contributed by atoms with Gasteiger partial charge in [-0.25, -0.2) is 9.97 Å². The Morgan fingerprint density at radius 2 is 2.00 bits per heavy atom. The second-order valence-corrected chi connectivity index (χ2v) is 6.74. The van der Waals surface area contributed by atoms with Gasteiger partial charge in [0, 0.05) is 10.6 Å². The highest BCUT2D eigenvalue weighted by atomic mass is 35.5. The van der Waals surface area contributed by atoms with Crippen molar-refractivity contribution in [3.8, 4) is 22.9 Å². The number of carbonyl (C=O) groups excluding carboxylic acids is 1. The molecular formula is C20H16ClN3O3. The number of carbonyl (C=O) groups is 1. The van der Waals surface area contributed by atoms with Crippen LogP contribution in [0.4, 0.5) is 5.69 Å². The number of aromatic nitrogens is 2. The molecule has 0 radical (unpaired) electrons. The van der Waals surface area contributed by atoms with Gasteiger partial charge in [0.25, 0.3) is 0 Å². The molecule has 0 aliphatic carbocycles. The van der Waals surface area contributed by atoms with Crippen LogP contribution >= 0.6 is 11.6 Å². The van der Waals surface area contributed by atoms with Crippen molar-refractivity contribution in [3.05, 3.63) is 65.4 Å². The van der Waals surface area contributed by atoms with Crippen molar-refractivity contribution >= 4 is 23.2 Å². The van der Waals surface area contributed by atoms with Crippen molar-refractivity contribution in [2.24, 2.45) is 5.92 Å². The van der Waals surface area contributed by atoms with Gasteiger partial charge in [-0.05, 0) is 42.3 Å². The number of benzene rings is 2. The van der Waals surface area contributed by atoms with Gasteiger partial charge in [-0.3, -0.25) is 4.79 Å². The van der Waals surface area contributed by atoms with Gasteiger partial charge >= 0.3 is 0 Å². The highest BCUT2D eigenvalue weighted by molar-refractivity contribution is 6.30. The molecule has 2 aromatic carbocycles. The average molecular weight is 382 g/mol. The van der Waals surface area contributed by atoms with Gasteiger partial charge in [0.1, 0.15) is 18.1 Å². The number of fused-ring (bicyclic) bond motifs is 1. The van der Waals surface area contributed by atoms with E-state index in [2.05, 4.69) is 15.3 Å². The molecule has 0 fully saturated rings. The van der Waals surface area contributed by atoms with E-state index in [9.17, 15) is 9.90 Å². The maximum absolute atomic E-state index is 12.5. The molecule has 2 heterocycles. The lowest BCUT2D eigenvalue weighted by molar-refractivity contribution is -0.121. The van der Waals surface area contributed by atoms with Gasteiger partial charge in [0.2, 0.25) is 5.91 Å². The predicted octanol–water partition coefficient (Wildman–Crippen LogP) is 3.69. The van der Waals surface area contributed by atoms with E-state index in [1.165, 1.54) is 0 Å². The van der Waals surface area contributed by atoms with Crippen LogP contribution in [0.15, 0.2) is 54.9 Å².